The van der Waals surface area contributed by atoms with Crippen molar-refractivity contribution in [3.63, 3.8) is 0 Å². The summed E-state index contributed by atoms with van der Waals surface area (Å²) in [6.45, 7) is 0.634. The number of hydrogen-bond donors (Lipinski definition) is 1. The largest absolute Gasteiger partial charge is 0.330 e. The summed E-state index contributed by atoms with van der Waals surface area (Å²) >= 11 is 1.46. The summed E-state index contributed by atoms with van der Waals surface area (Å²) in [6, 6.07) is 3.65. The molecule has 1 aliphatic carbocycles. The zero-order valence-electron chi connectivity index (χ0n) is 10.4. The Morgan fingerprint density at radius 2 is 1.94 bits per heavy atom. The molecule has 2 unspecified atom stereocenters. The molecule has 0 amide bonds. The monoisotopic (exact) mass is 271 g/mol. The number of nitrogens with two attached hydrogens (primary N) is 1. The van der Waals surface area contributed by atoms with Gasteiger partial charge in [0.05, 0.1) is 0 Å². The zero-order valence-corrected chi connectivity index (χ0v) is 11.2. The minimum absolute atomic E-state index is 0.314. The van der Waals surface area contributed by atoms with Crippen LogP contribution in [0.5, 0.6) is 0 Å². The zero-order chi connectivity index (χ0) is 13.0. The second-order valence-electron chi connectivity index (χ2n) is 4.86. The van der Waals surface area contributed by atoms with Crippen LogP contribution in [0.25, 0.3) is 0 Å². The van der Waals surface area contributed by atoms with Gasteiger partial charge >= 0.3 is 0 Å². The van der Waals surface area contributed by atoms with Crippen LogP contribution < -0.4 is 5.73 Å². The predicted molar refractivity (Wildman–Crippen MR) is 71.6 cm³/mol. The van der Waals surface area contributed by atoms with Gasteiger partial charge in [0.15, 0.2) is 0 Å². The molecular weight excluding hydrogens is 252 g/mol. The molecule has 0 saturated heterocycles. The summed E-state index contributed by atoms with van der Waals surface area (Å²) in [5.41, 5.74) is 5.80. The molecular formula is C14H19F2NS. The van der Waals surface area contributed by atoms with Crippen molar-refractivity contribution < 1.29 is 8.78 Å². The van der Waals surface area contributed by atoms with E-state index in [1.54, 1.807) is 0 Å². The van der Waals surface area contributed by atoms with Crippen molar-refractivity contribution in [2.75, 3.05) is 6.54 Å². The van der Waals surface area contributed by atoms with Gasteiger partial charge in [0.1, 0.15) is 11.6 Å². The highest BCUT2D eigenvalue weighted by Gasteiger charge is 2.24. The fourth-order valence-electron chi connectivity index (χ4n) is 2.51. The topological polar surface area (TPSA) is 26.0 Å². The highest BCUT2D eigenvalue weighted by Crippen LogP contribution is 2.37. The van der Waals surface area contributed by atoms with Crippen LogP contribution in [-0.2, 0) is 0 Å². The normalized spacial score (nSPS) is 24.8. The molecule has 0 radical (unpaired) electrons. The van der Waals surface area contributed by atoms with E-state index < -0.39 is 0 Å². The Morgan fingerprint density at radius 3 is 2.72 bits per heavy atom. The molecule has 1 nitrogen and oxygen atoms in total. The van der Waals surface area contributed by atoms with Crippen LogP contribution in [0.15, 0.2) is 23.1 Å². The Hall–Kier alpha value is -0.610. The van der Waals surface area contributed by atoms with E-state index in [0.29, 0.717) is 22.6 Å². The van der Waals surface area contributed by atoms with Crippen molar-refractivity contribution >= 4 is 11.8 Å². The van der Waals surface area contributed by atoms with Crippen molar-refractivity contribution in [3.8, 4) is 0 Å². The SMILES string of the molecule is NCC1CCCCCC1Sc1cc(F)ccc1F. The molecule has 1 aliphatic rings. The van der Waals surface area contributed by atoms with Crippen LogP contribution in [0, 0.1) is 17.6 Å². The van der Waals surface area contributed by atoms with Gasteiger partial charge in [0.2, 0.25) is 0 Å². The average molecular weight is 271 g/mol. The molecule has 0 spiro atoms. The van der Waals surface area contributed by atoms with Crippen molar-refractivity contribution in [1.29, 1.82) is 0 Å². The fraction of sp³-hybridized carbons (Fsp3) is 0.571. The van der Waals surface area contributed by atoms with Crippen molar-refractivity contribution in [3.05, 3.63) is 29.8 Å². The standard InChI is InChI=1S/C14H19F2NS/c15-11-6-7-12(16)14(8-11)18-13-5-3-1-2-4-10(13)9-17/h6-8,10,13H,1-5,9,17H2. The summed E-state index contributed by atoms with van der Waals surface area (Å²) in [6.07, 6.45) is 5.72. The third kappa shape index (κ3) is 3.45. The maximum absolute atomic E-state index is 13.6. The maximum atomic E-state index is 13.6. The molecule has 18 heavy (non-hydrogen) atoms. The van der Waals surface area contributed by atoms with E-state index in [1.165, 1.54) is 36.7 Å². The molecule has 0 aromatic heterocycles. The van der Waals surface area contributed by atoms with Crippen LogP contribution in [0.3, 0.4) is 0 Å². The highest BCUT2D eigenvalue weighted by atomic mass is 32.2. The van der Waals surface area contributed by atoms with Crippen LogP contribution in [0.4, 0.5) is 8.78 Å². The third-order valence-electron chi connectivity index (χ3n) is 3.56. The molecule has 4 heteroatoms. The summed E-state index contributed by atoms with van der Waals surface area (Å²) in [7, 11) is 0. The molecule has 100 valence electrons. The van der Waals surface area contributed by atoms with E-state index in [-0.39, 0.29) is 11.6 Å². The molecule has 1 saturated carbocycles. The van der Waals surface area contributed by atoms with E-state index >= 15 is 0 Å². The van der Waals surface area contributed by atoms with Gasteiger partial charge in [-0.1, -0.05) is 19.3 Å². The number of hydrogen-bond acceptors (Lipinski definition) is 2. The first kappa shape index (κ1) is 13.8. The van der Waals surface area contributed by atoms with Crippen LogP contribution in [0.2, 0.25) is 0 Å². The molecule has 0 heterocycles. The molecule has 1 aromatic carbocycles. The van der Waals surface area contributed by atoms with Crippen LogP contribution in [0.1, 0.15) is 32.1 Å². The average Bonchev–Trinajstić information content (AvgIpc) is 2.59. The van der Waals surface area contributed by atoms with Crippen molar-refractivity contribution in [2.45, 2.75) is 42.2 Å². The van der Waals surface area contributed by atoms with E-state index in [1.807, 2.05) is 0 Å². The first-order valence-electron chi connectivity index (χ1n) is 6.52. The molecule has 0 aliphatic heterocycles. The Balaban J connectivity index is 2.12. The van der Waals surface area contributed by atoms with E-state index in [9.17, 15) is 8.78 Å². The van der Waals surface area contributed by atoms with Gasteiger partial charge in [0.25, 0.3) is 0 Å². The molecule has 1 fully saturated rings. The molecule has 1 aromatic rings. The second-order valence-corrected chi connectivity index (χ2v) is 6.15. The molecule has 0 bridgehead atoms. The number of halogens is 2. The van der Waals surface area contributed by atoms with E-state index in [0.717, 1.165) is 25.3 Å². The number of benzene rings is 1. The molecule has 2 rings (SSSR count). The Bertz CT molecular complexity index is 397. The number of thioether (sulfide) groups is 1. The quantitative estimate of drug-likeness (QED) is 0.842. The maximum Gasteiger partial charge on any atom is 0.136 e. The van der Waals surface area contributed by atoms with Crippen molar-refractivity contribution in [1.82, 2.24) is 0 Å². The first-order chi connectivity index (χ1) is 8.70. The summed E-state index contributed by atoms with van der Waals surface area (Å²) in [4.78, 5) is 0.417. The van der Waals surface area contributed by atoms with Crippen LogP contribution in [-0.4, -0.2) is 11.8 Å². The summed E-state index contributed by atoms with van der Waals surface area (Å²) in [5.74, 6) is -0.293. The van der Waals surface area contributed by atoms with Gasteiger partial charge in [0, 0.05) is 10.1 Å². The van der Waals surface area contributed by atoms with Gasteiger partial charge in [-0.25, -0.2) is 8.78 Å². The Morgan fingerprint density at radius 1 is 1.17 bits per heavy atom. The second kappa shape index (κ2) is 6.53. The lowest BCUT2D eigenvalue weighted by Crippen LogP contribution is -2.24. The smallest absolute Gasteiger partial charge is 0.136 e. The minimum atomic E-state index is -0.378. The lowest BCUT2D eigenvalue weighted by Gasteiger charge is -2.23. The minimum Gasteiger partial charge on any atom is -0.330 e. The van der Waals surface area contributed by atoms with Gasteiger partial charge in [-0.15, -0.1) is 11.8 Å². The first-order valence-corrected chi connectivity index (χ1v) is 7.40. The Labute approximate surface area is 111 Å². The van der Waals surface area contributed by atoms with Crippen LogP contribution >= 0.6 is 11.8 Å². The van der Waals surface area contributed by atoms with Gasteiger partial charge in [-0.2, -0.15) is 0 Å². The lowest BCUT2D eigenvalue weighted by atomic mass is 10.0. The third-order valence-corrected chi connectivity index (χ3v) is 5.05. The number of rotatable bonds is 3. The van der Waals surface area contributed by atoms with Crippen molar-refractivity contribution in [2.24, 2.45) is 11.7 Å². The van der Waals surface area contributed by atoms with Gasteiger partial charge in [-0.05, 0) is 43.5 Å². The summed E-state index contributed by atoms with van der Waals surface area (Å²) < 4.78 is 26.8. The van der Waals surface area contributed by atoms with E-state index in [2.05, 4.69) is 0 Å². The molecule has 2 atom stereocenters. The summed E-state index contributed by atoms with van der Waals surface area (Å²) in [5, 5.41) is 0.314. The van der Waals surface area contributed by atoms with E-state index in [4.69, 9.17) is 5.73 Å². The molecule has 2 N–H and O–H groups in total. The van der Waals surface area contributed by atoms with Gasteiger partial charge in [-0.3, -0.25) is 0 Å². The fourth-order valence-corrected chi connectivity index (χ4v) is 3.92. The predicted octanol–water partition coefficient (Wildman–Crippen LogP) is 3.96. The van der Waals surface area contributed by atoms with Gasteiger partial charge < -0.3 is 5.73 Å². The Kier molecular flexibility index (Phi) is 5.01. The highest BCUT2D eigenvalue weighted by molar-refractivity contribution is 8.00. The lowest BCUT2D eigenvalue weighted by molar-refractivity contribution is 0.482.